The Morgan fingerprint density at radius 1 is 0.914 bits per heavy atom. The molecule has 0 bridgehead atoms. The molecule has 0 saturated carbocycles. The van der Waals surface area contributed by atoms with E-state index in [0.29, 0.717) is 43.1 Å². The van der Waals surface area contributed by atoms with Gasteiger partial charge in [-0.05, 0) is 67.4 Å². The van der Waals surface area contributed by atoms with Gasteiger partial charge in [0.2, 0.25) is 11.8 Å². The highest BCUT2D eigenvalue weighted by Gasteiger charge is 2.26. The highest BCUT2D eigenvalue weighted by Crippen LogP contribution is 2.30. The van der Waals surface area contributed by atoms with Gasteiger partial charge in [0.15, 0.2) is 5.82 Å². The van der Waals surface area contributed by atoms with E-state index in [9.17, 15) is 9.59 Å². The third kappa shape index (κ3) is 5.87. The molecule has 1 aromatic heterocycles. The maximum atomic E-state index is 13.0. The topological polar surface area (TPSA) is 106 Å². The van der Waals surface area contributed by atoms with Gasteiger partial charge >= 0.3 is 0 Å². The molecule has 35 heavy (non-hydrogen) atoms. The van der Waals surface area contributed by atoms with Gasteiger partial charge in [0.1, 0.15) is 11.5 Å². The van der Waals surface area contributed by atoms with E-state index in [2.05, 4.69) is 25.7 Å². The number of anilines is 3. The van der Waals surface area contributed by atoms with Gasteiger partial charge in [-0.1, -0.05) is 0 Å². The summed E-state index contributed by atoms with van der Waals surface area (Å²) in [7, 11) is 3.18. The Labute approximate surface area is 204 Å². The molecule has 1 aliphatic heterocycles. The van der Waals surface area contributed by atoms with Crippen LogP contribution in [0, 0.1) is 5.92 Å². The maximum Gasteiger partial charge on any atom is 0.227 e. The molecular weight excluding hydrogens is 446 g/mol. The van der Waals surface area contributed by atoms with Crippen LogP contribution in [0.1, 0.15) is 19.8 Å². The monoisotopic (exact) mass is 475 g/mol. The summed E-state index contributed by atoms with van der Waals surface area (Å²) >= 11 is 0. The van der Waals surface area contributed by atoms with Crippen molar-refractivity contribution >= 4 is 29.0 Å². The van der Waals surface area contributed by atoms with E-state index in [1.165, 1.54) is 6.92 Å². The van der Waals surface area contributed by atoms with Gasteiger partial charge in [-0.2, -0.15) is 0 Å². The second kappa shape index (κ2) is 10.9. The van der Waals surface area contributed by atoms with Gasteiger partial charge in [-0.3, -0.25) is 9.59 Å². The number of hydrogen-bond donors (Lipinski definition) is 2. The molecule has 1 fully saturated rings. The molecule has 0 atom stereocenters. The van der Waals surface area contributed by atoms with Crippen LogP contribution in [-0.4, -0.2) is 49.3 Å². The van der Waals surface area contributed by atoms with Gasteiger partial charge in [0.05, 0.1) is 25.6 Å². The number of benzene rings is 2. The average molecular weight is 476 g/mol. The molecule has 2 amide bonds. The maximum absolute atomic E-state index is 13.0. The molecule has 182 valence electrons. The smallest absolute Gasteiger partial charge is 0.227 e. The normalized spacial score (nSPS) is 13.7. The van der Waals surface area contributed by atoms with Gasteiger partial charge in [-0.15, -0.1) is 10.2 Å². The Balaban J connectivity index is 1.35. The molecule has 9 nitrogen and oxygen atoms in total. The van der Waals surface area contributed by atoms with Crippen LogP contribution in [-0.2, 0) is 9.59 Å². The lowest BCUT2D eigenvalue weighted by Crippen LogP contribution is -2.38. The lowest BCUT2D eigenvalue weighted by molar-refractivity contribution is -0.120. The zero-order valence-electron chi connectivity index (χ0n) is 20.1. The van der Waals surface area contributed by atoms with Crippen molar-refractivity contribution in [1.29, 1.82) is 0 Å². The van der Waals surface area contributed by atoms with Crippen LogP contribution in [0.25, 0.3) is 11.3 Å². The SMILES string of the molecule is COc1ccc(-c2ccc(N3CCC(C(=O)Nc4cc(NC(C)=O)ccc4OC)CC3)nn2)cc1. The molecule has 0 radical (unpaired) electrons. The second-order valence-corrected chi connectivity index (χ2v) is 8.35. The fourth-order valence-corrected chi connectivity index (χ4v) is 4.10. The first-order valence-electron chi connectivity index (χ1n) is 11.5. The highest BCUT2D eigenvalue weighted by molar-refractivity contribution is 5.96. The summed E-state index contributed by atoms with van der Waals surface area (Å²) in [4.78, 5) is 26.5. The lowest BCUT2D eigenvalue weighted by Gasteiger charge is -2.32. The number of rotatable bonds is 7. The number of methoxy groups -OCH3 is 2. The third-order valence-corrected chi connectivity index (χ3v) is 6.00. The van der Waals surface area contributed by atoms with Crippen LogP contribution in [0.3, 0.4) is 0 Å². The average Bonchev–Trinajstić information content (AvgIpc) is 2.89. The summed E-state index contributed by atoms with van der Waals surface area (Å²) in [5.41, 5.74) is 2.89. The molecule has 0 unspecified atom stereocenters. The number of amides is 2. The molecule has 1 saturated heterocycles. The number of nitrogens with one attached hydrogen (secondary N) is 2. The van der Waals surface area contributed by atoms with Crippen molar-refractivity contribution in [3.8, 4) is 22.8 Å². The van der Waals surface area contributed by atoms with Crippen LogP contribution >= 0.6 is 0 Å². The van der Waals surface area contributed by atoms with E-state index < -0.39 is 0 Å². The summed E-state index contributed by atoms with van der Waals surface area (Å²) in [6.07, 6.45) is 1.39. The molecule has 1 aliphatic rings. The van der Waals surface area contributed by atoms with Crippen molar-refractivity contribution in [2.45, 2.75) is 19.8 Å². The number of nitrogens with zero attached hydrogens (tertiary/aromatic N) is 3. The highest BCUT2D eigenvalue weighted by atomic mass is 16.5. The third-order valence-electron chi connectivity index (χ3n) is 6.00. The van der Waals surface area contributed by atoms with Crippen molar-refractivity contribution in [3.05, 3.63) is 54.6 Å². The first kappa shape index (κ1) is 24.0. The van der Waals surface area contributed by atoms with Crippen LogP contribution in [0.2, 0.25) is 0 Å². The number of carbonyl (C=O) groups excluding carboxylic acids is 2. The van der Waals surface area contributed by atoms with E-state index in [1.54, 1.807) is 32.4 Å². The molecule has 2 aromatic carbocycles. The van der Waals surface area contributed by atoms with E-state index in [0.717, 1.165) is 22.8 Å². The van der Waals surface area contributed by atoms with Crippen molar-refractivity contribution < 1.29 is 19.1 Å². The molecule has 3 aromatic rings. The number of aromatic nitrogens is 2. The minimum Gasteiger partial charge on any atom is -0.497 e. The number of hydrogen-bond acceptors (Lipinski definition) is 7. The van der Waals surface area contributed by atoms with Crippen LogP contribution in [0.4, 0.5) is 17.2 Å². The number of ether oxygens (including phenoxy) is 2. The molecule has 2 heterocycles. The largest absolute Gasteiger partial charge is 0.497 e. The van der Waals surface area contributed by atoms with Gasteiger partial charge in [0.25, 0.3) is 0 Å². The molecule has 0 aliphatic carbocycles. The van der Waals surface area contributed by atoms with E-state index >= 15 is 0 Å². The fourth-order valence-electron chi connectivity index (χ4n) is 4.10. The lowest BCUT2D eigenvalue weighted by atomic mass is 9.95. The van der Waals surface area contributed by atoms with E-state index in [4.69, 9.17) is 9.47 Å². The Morgan fingerprint density at radius 3 is 2.26 bits per heavy atom. The first-order chi connectivity index (χ1) is 17.0. The Bertz CT molecular complexity index is 1170. The first-order valence-corrected chi connectivity index (χ1v) is 11.5. The zero-order chi connectivity index (χ0) is 24.8. The Kier molecular flexibility index (Phi) is 7.45. The van der Waals surface area contributed by atoms with Gasteiger partial charge < -0.3 is 25.0 Å². The molecule has 9 heteroatoms. The minimum absolute atomic E-state index is 0.0659. The molecule has 2 N–H and O–H groups in total. The van der Waals surface area contributed by atoms with E-state index in [-0.39, 0.29) is 17.7 Å². The van der Waals surface area contributed by atoms with Gasteiger partial charge in [0, 0.05) is 37.2 Å². The van der Waals surface area contributed by atoms with Gasteiger partial charge in [-0.25, -0.2) is 0 Å². The van der Waals surface area contributed by atoms with Crippen molar-refractivity contribution in [2.24, 2.45) is 5.92 Å². The Hall–Kier alpha value is -4.14. The van der Waals surface area contributed by atoms with Crippen LogP contribution < -0.4 is 25.0 Å². The molecule has 4 rings (SSSR count). The predicted octanol–water partition coefficient (Wildman–Crippen LogP) is 3.97. The summed E-state index contributed by atoms with van der Waals surface area (Å²) < 4.78 is 10.6. The quantitative estimate of drug-likeness (QED) is 0.533. The fraction of sp³-hybridized carbons (Fsp3) is 0.308. The molecular formula is C26H29N5O4. The summed E-state index contributed by atoms with van der Waals surface area (Å²) in [6, 6.07) is 16.8. The number of carbonyl (C=O) groups is 2. The van der Waals surface area contributed by atoms with E-state index in [1.807, 2.05) is 36.4 Å². The second-order valence-electron chi connectivity index (χ2n) is 8.35. The summed E-state index contributed by atoms with van der Waals surface area (Å²) in [6.45, 7) is 2.85. The number of piperidine rings is 1. The standard InChI is InChI=1S/C26H29N5O4/c1-17(32)27-20-6-10-24(35-3)23(16-20)28-26(33)19-12-14-31(15-13-19)25-11-9-22(29-30-25)18-4-7-21(34-2)8-5-18/h4-11,16,19H,12-15H2,1-3H3,(H,27,32)(H,28,33). The van der Waals surface area contributed by atoms with Crippen LogP contribution in [0.15, 0.2) is 54.6 Å². The van der Waals surface area contributed by atoms with Crippen molar-refractivity contribution in [3.63, 3.8) is 0 Å². The van der Waals surface area contributed by atoms with Crippen LogP contribution in [0.5, 0.6) is 11.5 Å². The summed E-state index contributed by atoms with van der Waals surface area (Å²) in [5, 5.41) is 14.5. The Morgan fingerprint density at radius 2 is 1.66 bits per heavy atom. The zero-order valence-corrected chi connectivity index (χ0v) is 20.1. The summed E-state index contributed by atoms with van der Waals surface area (Å²) in [5.74, 6) is 1.75. The molecule has 0 spiro atoms. The van der Waals surface area contributed by atoms with Crippen molar-refractivity contribution in [1.82, 2.24) is 10.2 Å². The predicted molar refractivity (Wildman–Crippen MR) is 135 cm³/mol. The minimum atomic E-state index is -0.181. The van der Waals surface area contributed by atoms with Crippen molar-refractivity contribution in [2.75, 3.05) is 42.8 Å².